The SMILES string of the molecule is CC1(C)CNCCCOc2ccc(cc2)CNc2cc(nc(OCC(F)(F)F)n2)Cc2ccc(cc2)C(=O)NC1. The maximum absolute atomic E-state index is 12.8. The lowest BCUT2D eigenvalue weighted by molar-refractivity contribution is -0.154. The molecule has 1 amide bonds. The van der Waals surface area contributed by atoms with E-state index in [2.05, 4.69) is 39.8 Å². The van der Waals surface area contributed by atoms with Crippen molar-refractivity contribution in [2.45, 2.75) is 39.4 Å². The van der Waals surface area contributed by atoms with Crippen molar-refractivity contribution in [3.8, 4) is 11.8 Å². The fraction of sp³-hybridized carbons (Fsp3) is 0.414. The van der Waals surface area contributed by atoms with Crippen molar-refractivity contribution in [1.82, 2.24) is 20.6 Å². The molecule has 0 saturated heterocycles. The maximum Gasteiger partial charge on any atom is 0.422 e. The third-order valence-electron chi connectivity index (χ3n) is 6.22. The third-order valence-corrected chi connectivity index (χ3v) is 6.22. The molecule has 0 atom stereocenters. The summed E-state index contributed by atoms with van der Waals surface area (Å²) in [5, 5.41) is 9.57. The average Bonchev–Trinajstić information content (AvgIpc) is 2.91. The van der Waals surface area contributed by atoms with Crippen LogP contribution in [0.2, 0.25) is 0 Å². The van der Waals surface area contributed by atoms with E-state index in [1.54, 1.807) is 30.3 Å². The van der Waals surface area contributed by atoms with Gasteiger partial charge in [0.1, 0.15) is 11.6 Å². The summed E-state index contributed by atoms with van der Waals surface area (Å²) in [6.07, 6.45) is -3.38. The summed E-state index contributed by atoms with van der Waals surface area (Å²) >= 11 is 0. The topological polar surface area (TPSA) is 97.4 Å². The van der Waals surface area contributed by atoms with E-state index in [0.29, 0.717) is 43.2 Å². The van der Waals surface area contributed by atoms with Gasteiger partial charge in [0.25, 0.3) is 5.91 Å². The van der Waals surface area contributed by atoms with Crippen molar-refractivity contribution >= 4 is 11.7 Å². The molecule has 6 bridgehead atoms. The molecule has 0 aliphatic carbocycles. The molecule has 0 fully saturated rings. The highest BCUT2D eigenvalue weighted by Crippen LogP contribution is 2.21. The fourth-order valence-electron chi connectivity index (χ4n) is 4.04. The van der Waals surface area contributed by atoms with E-state index in [1.807, 2.05) is 24.3 Å². The number of alkyl halides is 3. The molecule has 3 N–H and O–H groups in total. The number of hydrogen-bond acceptors (Lipinski definition) is 7. The lowest BCUT2D eigenvalue weighted by Crippen LogP contribution is -2.40. The van der Waals surface area contributed by atoms with Gasteiger partial charge in [-0.25, -0.2) is 0 Å². The first-order chi connectivity index (χ1) is 19.0. The summed E-state index contributed by atoms with van der Waals surface area (Å²) in [5.74, 6) is 0.909. The van der Waals surface area contributed by atoms with Gasteiger partial charge < -0.3 is 25.4 Å². The predicted molar refractivity (Wildman–Crippen MR) is 146 cm³/mol. The second-order valence-electron chi connectivity index (χ2n) is 10.5. The molecule has 8 nitrogen and oxygen atoms in total. The monoisotopic (exact) mass is 557 g/mol. The summed E-state index contributed by atoms with van der Waals surface area (Å²) < 4.78 is 49.0. The molecule has 0 unspecified atom stereocenters. The van der Waals surface area contributed by atoms with Crippen LogP contribution in [-0.2, 0) is 13.0 Å². The maximum atomic E-state index is 12.8. The molecular weight excluding hydrogens is 523 g/mol. The lowest BCUT2D eigenvalue weighted by Gasteiger charge is -2.25. The van der Waals surface area contributed by atoms with Gasteiger partial charge in [0.15, 0.2) is 6.61 Å². The first-order valence-electron chi connectivity index (χ1n) is 13.2. The van der Waals surface area contributed by atoms with Crippen LogP contribution in [0.4, 0.5) is 19.0 Å². The number of nitrogens with zero attached hydrogens (tertiary/aromatic N) is 2. The normalized spacial score (nSPS) is 16.8. The molecule has 0 spiro atoms. The van der Waals surface area contributed by atoms with E-state index in [1.165, 1.54) is 0 Å². The van der Waals surface area contributed by atoms with Gasteiger partial charge in [-0.1, -0.05) is 38.1 Å². The summed E-state index contributed by atoms with van der Waals surface area (Å²) in [5.41, 5.74) is 2.61. The van der Waals surface area contributed by atoms with Crippen molar-refractivity contribution in [2.75, 3.05) is 38.2 Å². The number of aromatic nitrogens is 2. The second-order valence-corrected chi connectivity index (χ2v) is 10.5. The van der Waals surface area contributed by atoms with E-state index < -0.39 is 12.8 Å². The first kappa shape index (κ1) is 29.1. The number of nitrogens with one attached hydrogen (secondary N) is 3. The summed E-state index contributed by atoms with van der Waals surface area (Å²) in [7, 11) is 0. The van der Waals surface area contributed by atoms with Gasteiger partial charge >= 0.3 is 12.2 Å². The molecule has 40 heavy (non-hydrogen) atoms. The number of carbonyl (C=O) groups excluding carboxylic acids is 1. The summed E-state index contributed by atoms with van der Waals surface area (Å²) in [6.45, 7) is 5.65. The fourth-order valence-corrected chi connectivity index (χ4v) is 4.04. The minimum Gasteiger partial charge on any atom is -0.494 e. The van der Waals surface area contributed by atoms with E-state index in [-0.39, 0.29) is 17.3 Å². The van der Waals surface area contributed by atoms with Crippen LogP contribution in [0, 0.1) is 5.41 Å². The van der Waals surface area contributed by atoms with Crippen LogP contribution in [0.25, 0.3) is 0 Å². The second kappa shape index (κ2) is 13.0. The van der Waals surface area contributed by atoms with E-state index in [9.17, 15) is 18.0 Å². The average molecular weight is 558 g/mol. The molecule has 7 rings (SSSR count). The minimum atomic E-state index is -4.52. The van der Waals surface area contributed by atoms with Crippen molar-refractivity contribution in [3.63, 3.8) is 0 Å². The Balaban J connectivity index is 1.56. The Labute approximate surface area is 231 Å². The van der Waals surface area contributed by atoms with Crippen LogP contribution in [0.15, 0.2) is 54.6 Å². The molecular formula is C29H34F3N5O3. The third kappa shape index (κ3) is 9.41. The molecule has 11 heteroatoms. The number of rotatable bonds is 2. The quantitative estimate of drug-likeness (QED) is 0.419. The van der Waals surface area contributed by atoms with Gasteiger partial charge in [-0.15, -0.1) is 0 Å². The Morgan fingerprint density at radius 3 is 2.42 bits per heavy atom. The lowest BCUT2D eigenvalue weighted by atomic mass is 9.93. The van der Waals surface area contributed by atoms with Gasteiger partial charge in [-0.05, 0) is 53.8 Å². The van der Waals surface area contributed by atoms with E-state index >= 15 is 0 Å². The Morgan fingerprint density at radius 2 is 1.70 bits per heavy atom. The minimum absolute atomic E-state index is 0.148. The Kier molecular flexibility index (Phi) is 9.46. The molecule has 1 aromatic heterocycles. The number of carbonyl (C=O) groups is 1. The predicted octanol–water partition coefficient (Wildman–Crippen LogP) is 4.75. The van der Waals surface area contributed by atoms with Crippen molar-refractivity contribution < 1.29 is 27.4 Å². The van der Waals surface area contributed by atoms with Gasteiger partial charge in [-0.3, -0.25) is 4.79 Å². The smallest absolute Gasteiger partial charge is 0.422 e. The Bertz CT molecular complexity index is 1270. The highest BCUT2D eigenvalue weighted by molar-refractivity contribution is 5.94. The molecule has 0 radical (unpaired) electrons. The molecule has 0 saturated carbocycles. The van der Waals surface area contributed by atoms with Crippen molar-refractivity contribution in [3.05, 3.63) is 77.0 Å². The number of amides is 1. The zero-order valence-electron chi connectivity index (χ0n) is 22.6. The van der Waals surface area contributed by atoms with Crippen molar-refractivity contribution in [2.24, 2.45) is 5.41 Å². The molecule has 4 aliphatic rings. The van der Waals surface area contributed by atoms with Gasteiger partial charge in [-0.2, -0.15) is 23.1 Å². The van der Waals surface area contributed by atoms with Crippen LogP contribution < -0.4 is 25.4 Å². The Hall–Kier alpha value is -3.86. The zero-order chi connectivity index (χ0) is 28.6. The highest BCUT2D eigenvalue weighted by Gasteiger charge is 2.29. The van der Waals surface area contributed by atoms with Gasteiger partial charge in [0, 0.05) is 37.7 Å². The molecule has 2 aromatic carbocycles. The number of ether oxygens (including phenoxy) is 2. The number of benzene rings is 2. The van der Waals surface area contributed by atoms with Crippen molar-refractivity contribution in [1.29, 1.82) is 0 Å². The van der Waals surface area contributed by atoms with Crippen LogP contribution in [0.1, 0.15) is 47.4 Å². The molecule has 4 aliphatic heterocycles. The summed E-state index contributed by atoms with van der Waals surface area (Å²) in [6, 6.07) is 15.9. The standard InChI is InChI=1S/C29H34F3N5O3/c1-28(2)17-33-12-3-13-39-24-10-6-21(7-11-24)16-34-25-15-23(36-27(37-25)40-19-29(30,31)32)14-20-4-8-22(9-5-20)26(38)35-18-28/h4-11,15,33H,3,12-14,16-19H2,1-2H3,(H,35,38)(H,34,36,37). The number of anilines is 1. The van der Waals surface area contributed by atoms with Gasteiger partial charge in [0.2, 0.25) is 0 Å². The number of halogens is 3. The summed E-state index contributed by atoms with van der Waals surface area (Å²) in [4.78, 5) is 21.0. The van der Waals surface area contributed by atoms with E-state index in [0.717, 1.165) is 36.4 Å². The van der Waals surface area contributed by atoms with Gasteiger partial charge in [0.05, 0.1) is 12.3 Å². The Morgan fingerprint density at radius 1 is 0.975 bits per heavy atom. The van der Waals surface area contributed by atoms with E-state index in [4.69, 9.17) is 9.47 Å². The van der Waals surface area contributed by atoms with Crippen LogP contribution in [0.5, 0.6) is 11.8 Å². The number of hydrogen-bond donors (Lipinski definition) is 3. The first-order valence-corrected chi connectivity index (χ1v) is 13.2. The molecule has 5 heterocycles. The van der Waals surface area contributed by atoms with Crippen LogP contribution in [0.3, 0.4) is 0 Å². The van der Waals surface area contributed by atoms with Crippen LogP contribution in [-0.4, -0.2) is 54.9 Å². The molecule has 214 valence electrons. The largest absolute Gasteiger partial charge is 0.494 e. The highest BCUT2D eigenvalue weighted by atomic mass is 19.4. The van der Waals surface area contributed by atoms with Crippen LogP contribution >= 0.6 is 0 Å². The molecule has 3 aromatic rings. The zero-order valence-corrected chi connectivity index (χ0v) is 22.6.